The molecule has 0 spiro atoms. The van der Waals surface area contributed by atoms with Crippen LogP contribution in [-0.2, 0) is 0 Å². The second-order valence-electron chi connectivity index (χ2n) is 2.58. The predicted octanol–water partition coefficient (Wildman–Crippen LogP) is -0.256. The summed E-state index contributed by atoms with van der Waals surface area (Å²) in [6.07, 6.45) is 0.457. The molecule has 1 aliphatic heterocycles. The van der Waals surface area contributed by atoms with E-state index >= 15 is 0 Å². The Balaban J connectivity index is 2.54. The number of aliphatic hydroxyl groups excluding tert-OH is 1. The quantitative estimate of drug-likeness (QED) is 0.472. The Hall–Kier alpha value is -0.570. The average molecular weight is 128 g/mol. The maximum atomic E-state index is 9.13. The first-order valence-electron chi connectivity index (χ1n) is 3.17. The summed E-state index contributed by atoms with van der Waals surface area (Å²) < 4.78 is 0. The largest absolute Gasteiger partial charge is 0.391 e. The molecule has 3 N–H and O–H groups in total. The molecule has 9 heavy (non-hydrogen) atoms. The minimum Gasteiger partial charge on any atom is -0.391 e. The Morgan fingerprint density at radius 1 is 1.78 bits per heavy atom. The topological polar surface area (TPSA) is 58.6 Å². The summed E-state index contributed by atoms with van der Waals surface area (Å²) in [7, 11) is 0. The first kappa shape index (κ1) is 6.55. The van der Waals surface area contributed by atoms with Gasteiger partial charge in [0.05, 0.1) is 18.5 Å². The number of nitrogens with two attached hydrogens (primary N) is 1. The van der Waals surface area contributed by atoms with E-state index in [9.17, 15) is 0 Å². The number of hydrogen-bond acceptors (Lipinski definition) is 3. The fraction of sp³-hybridized carbons (Fsp3) is 0.833. The monoisotopic (exact) mass is 128 g/mol. The summed E-state index contributed by atoms with van der Waals surface area (Å²) in [5.41, 5.74) is 5.43. The molecule has 0 amide bonds. The molecular weight excluding hydrogens is 116 g/mol. The third-order valence-electron chi connectivity index (χ3n) is 1.67. The Morgan fingerprint density at radius 2 is 2.44 bits per heavy atom. The van der Waals surface area contributed by atoms with Crippen molar-refractivity contribution in [3.63, 3.8) is 0 Å². The lowest BCUT2D eigenvalue weighted by molar-refractivity contribution is 0.123. The molecule has 52 valence electrons. The van der Waals surface area contributed by atoms with E-state index < -0.39 is 0 Å². The van der Waals surface area contributed by atoms with Crippen molar-refractivity contribution in [1.29, 1.82) is 0 Å². The molecule has 3 heteroatoms. The maximum absolute atomic E-state index is 9.13. The molecule has 0 saturated carbocycles. The van der Waals surface area contributed by atoms with Crippen LogP contribution in [0.4, 0.5) is 0 Å². The lowest BCUT2D eigenvalue weighted by Crippen LogP contribution is -2.32. The van der Waals surface area contributed by atoms with Crippen LogP contribution in [0, 0.1) is 5.92 Å². The van der Waals surface area contributed by atoms with Crippen LogP contribution in [0.15, 0.2) is 4.99 Å². The fourth-order valence-corrected chi connectivity index (χ4v) is 0.921. The summed E-state index contributed by atoms with van der Waals surface area (Å²) in [5.74, 6) is 0.954. The molecule has 0 saturated heterocycles. The van der Waals surface area contributed by atoms with E-state index in [0.29, 0.717) is 12.4 Å². The number of aliphatic hydroxyl groups is 1. The van der Waals surface area contributed by atoms with Gasteiger partial charge < -0.3 is 10.8 Å². The van der Waals surface area contributed by atoms with Crippen LogP contribution < -0.4 is 5.73 Å². The molecule has 0 aromatic rings. The van der Waals surface area contributed by atoms with Crippen molar-refractivity contribution in [2.45, 2.75) is 19.4 Å². The van der Waals surface area contributed by atoms with Crippen molar-refractivity contribution in [3.05, 3.63) is 0 Å². The van der Waals surface area contributed by atoms with E-state index in [-0.39, 0.29) is 12.0 Å². The van der Waals surface area contributed by atoms with E-state index in [0.717, 1.165) is 6.42 Å². The summed E-state index contributed by atoms with van der Waals surface area (Å²) in [5, 5.41) is 9.13. The van der Waals surface area contributed by atoms with Gasteiger partial charge in [-0.15, -0.1) is 0 Å². The zero-order chi connectivity index (χ0) is 6.85. The van der Waals surface area contributed by atoms with Gasteiger partial charge in [0.2, 0.25) is 0 Å². The SMILES string of the molecule is C[C@@H]1CC(N)=NC[C@H]1O. The highest BCUT2D eigenvalue weighted by Gasteiger charge is 2.18. The van der Waals surface area contributed by atoms with Crippen LogP contribution in [-0.4, -0.2) is 23.6 Å². The van der Waals surface area contributed by atoms with Crippen molar-refractivity contribution in [2.75, 3.05) is 6.54 Å². The summed E-state index contributed by atoms with van der Waals surface area (Å²) in [6.45, 7) is 2.46. The third kappa shape index (κ3) is 1.42. The molecular formula is C6H12N2O. The number of nitrogens with zero attached hydrogens (tertiary/aromatic N) is 1. The van der Waals surface area contributed by atoms with Gasteiger partial charge in [-0.2, -0.15) is 0 Å². The summed E-state index contributed by atoms with van der Waals surface area (Å²) >= 11 is 0. The van der Waals surface area contributed by atoms with Crippen LogP contribution >= 0.6 is 0 Å². The van der Waals surface area contributed by atoms with Gasteiger partial charge in [-0.05, 0) is 5.92 Å². The van der Waals surface area contributed by atoms with Crippen molar-refractivity contribution in [3.8, 4) is 0 Å². The van der Waals surface area contributed by atoms with Gasteiger partial charge in [-0.25, -0.2) is 0 Å². The Morgan fingerprint density at radius 3 is 2.89 bits per heavy atom. The van der Waals surface area contributed by atoms with Crippen LogP contribution in [0.25, 0.3) is 0 Å². The summed E-state index contributed by atoms with van der Waals surface area (Å²) in [4.78, 5) is 3.91. The molecule has 0 aliphatic carbocycles. The Labute approximate surface area is 54.6 Å². The first-order chi connectivity index (χ1) is 4.20. The van der Waals surface area contributed by atoms with E-state index in [4.69, 9.17) is 10.8 Å². The summed E-state index contributed by atoms with van der Waals surface area (Å²) in [6, 6.07) is 0. The van der Waals surface area contributed by atoms with Crippen molar-refractivity contribution in [2.24, 2.45) is 16.6 Å². The van der Waals surface area contributed by atoms with Gasteiger partial charge in [-0.1, -0.05) is 6.92 Å². The predicted molar refractivity (Wildman–Crippen MR) is 36.3 cm³/mol. The highest BCUT2D eigenvalue weighted by atomic mass is 16.3. The van der Waals surface area contributed by atoms with Gasteiger partial charge in [0.1, 0.15) is 0 Å². The van der Waals surface area contributed by atoms with E-state index in [1.807, 2.05) is 6.92 Å². The fourth-order valence-electron chi connectivity index (χ4n) is 0.921. The van der Waals surface area contributed by atoms with Crippen molar-refractivity contribution in [1.82, 2.24) is 0 Å². The van der Waals surface area contributed by atoms with Crippen LogP contribution in [0.2, 0.25) is 0 Å². The van der Waals surface area contributed by atoms with Crippen molar-refractivity contribution >= 4 is 5.84 Å². The van der Waals surface area contributed by atoms with E-state index in [1.54, 1.807) is 0 Å². The number of rotatable bonds is 0. The van der Waals surface area contributed by atoms with Crippen LogP contribution in [0.1, 0.15) is 13.3 Å². The van der Waals surface area contributed by atoms with Crippen LogP contribution in [0.3, 0.4) is 0 Å². The molecule has 0 unspecified atom stereocenters. The van der Waals surface area contributed by atoms with E-state index in [1.165, 1.54) is 0 Å². The molecule has 1 heterocycles. The molecule has 1 rings (SSSR count). The molecule has 0 fully saturated rings. The highest BCUT2D eigenvalue weighted by molar-refractivity contribution is 5.81. The van der Waals surface area contributed by atoms with Crippen molar-refractivity contribution < 1.29 is 5.11 Å². The van der Waals surface area contributed by atoms with Gasteiger partial charge in [0.25, 0.3) is 0 Å². The van der Waals surface area contributed by atoms with Gasteiger partial charge in [0, 0.05) is 6.42 Å². The minimum absolute atomic E-state index is 0.280. The number of amidine groups is 1. The van der Waals surface area contributed by atoms with Crippen LogP contribution in [0.5, 0.6) is 0 Å². The molecule has 0 aromatic heterocycles. The first-order valence-corrected chi connectivity index (χ1v) is 3.17. The molecule has 2 atom stereocenters. The smallest absolute Gasteiger partial charge is 0.0941 e. The van der Waals surface area contributed by atoms with Gasteiger partial charge in [0.15, 0.2) is 0 Å². The van der Waals surface area contributed by atoms with Gasteiger partial charge >= 0.3 is 0 Å². The minimum atomic E-state index is -0.280. The zero-order valence-electron chi connectivity index (χ0n) is 5.54. The Bertz CT molecular complexity index is 133. The lowest BCUT2D eigenvalue weighted by atomic mass is 9.98. The normalized spacial score (nSPS) is 36.0. The Kier molecular flexibility index (Phi) is 1.71. The molecule has 0 radical (unpaired) electrons. The molecule has 0 aromatic carbocycles. The second kappa shape index (κ2) is 2.35. The number of hydrogen-bond donors (Lipinski definition) is 2. The zero-order valence-corrected chi connectivity index (χ0v) is 5.54. The van der Waals surface area contributed by atoms with Gasteiger partial charge in [-0.3, -0.25) is 4.99 Å². The lowest BCUT2D eigenvalue weighted by Gasteiger charge is -2.21. The van der Waals surface area contributed by atoms with E-state index in [2.05, 4.69) is 4.99 Å². The molecule has 0 bridgehead atoms. The third-order valence-corrected chi connectivity index (χ3v) is 1.67. The highest BCUT2D eigenvalue weighted by Crippen LogP contribution is 2.12. The number of aliphatic imine (C=N–C) groups is 1. The standard InChI is InChI=1S/C6H12N2O/c1-4-2-6(7)8-3-5(4)9/h4-5,9H,2-3H2,1H3,(H2,7,8)/t4-,5-/m1/s1. The maximum Gasteiger partial charge on any atom is 0.0941 e. The average Bonchev–Trinajstić information content (AvgIpc) is 1.80. The second-order valence-corrected chi connectivity index (χ2v) is 2.58. The molecule has 3 nitrogen and oxygen atoms in total. The molecule has 1 aliphatic rings.